The molecule has 20 heavy (non-hydrogen) atoms. The summed E-state index contributed by atoms with van der Waals surface area (Å²) < 4.78 is 9.27. The van der Waals surface area contributed by atoms with Crippen LogP contribution in [0.2, 0.25) is 0 Å². The van der Waals surface area contributed by atoms with Crippen molar-refractivity contribution < 1.29 is 4.65 Å². The minimum absolute atomic E-state index is 0.281. The van der Waals surface area contributed by atoms with Gasteiger partial charge in [-0.15, -0.1) is 11.3 Å². The van der Waals surface area contributed by atoms with Crippen LogP contribution in [0.4, 0.5) is 0 Å². The summed E-state index contributed by atoms with van der Waals surface area (Å²) in [4.78, 5) is 6.52. The van der Waals surface area contributed by atoms with Crippen molar-refractivity contribution in [3.8, 4) is 6.07 Å². The van der Waals surface area contributed by atoms with E-state index in [0.29, 0.717) is 16.3 Å². The second kappa shape index (κ2) is 5.77. The molecule has 0 aromatic carbocycles. The Morgan fingerprint density at radius 3 is 2.35 bits per heavy atom. The number of aromatic nitrogens is 2. The fourth-order valence-corrected chi connectivity index (χ4v) is 3.23. The van der Waals surface area contributed by atoms with Crippen LogP contribution in [0.1, 0.15) is 31.7 Å². The van der Waals surface area contributed by atoms with E-state index in [1.165, 1.54) is 22.9 Å². The Labute approximate surface area is 127 Å². The summed E-state index contributed by atoms with van der Waals surface area (Å²) >= 11 is 2.81. The van der Waals surface area contributed by atoms with Crippen molar-refractivity contribution in [2.24, 2.45) is 0 Å². The molecule has 0 bridgehead atoms. The van der Waals surface area contributed by atoms with Crippen molar-refractivity contribution in [1.82, 2.24) is 9.36 Å². The van der Waals surface area contributed by atoms with Crippen molar-refractivity contribution in [1.29, 1.82) is 5.26 Å². The molecule has 7 heteroatoms. The smallest absolute Gasteiger partial charge is 0.374 e. The van der Waals surface area contributed by atoms with Gasteiger partial charge in [0, 0.05) is 9.75 Å². The zero-order valence-corrected chi connectivity index (χ0v) is 13.3. The van der Waals surface area contributed by atoms with Crippen molar-refractivity contribution in [2.45, 2.75) is 27.7 Å². The van der Waals surface area contributed by atoms with Crippen LogP contribution in [-0.2, 0) is 4.65 Å². The summed E-state index contributed by atoms with van der Waals surface area (Å²) in [6, 6.07) is 2.13. The predicted octanol–water partition coefficient (Wildman–Crippen LogP) is 3.33. The van der Waals surface area contributed by atoms with E-state index in [1.54, 1.807) is 0 Å². The molecule has 0 aliphatic carbocycles. The van der Waals surface area contributed by atoms with Gasteiger partial charge in [-0.25, -0.2) is 4.98 Å². The van der Waals surface area contributed by atoms with Gasteiger partial charge in [0.2, 0.25) is 0 Å². The van der Waals surface area contributed by atoms with Crippen molar-refractivity contribution in [2.75, 3.05) is 0 Å². The van der Waals surface area contributed by atoms with E-state index in [1.807, 2.05) is 27.7 Å². The van der Waals surface area contributed by atoms with E-state index < -0.39 is 0 Å². The third-order valence-corrected chi connectivity index (χ3v) is 5.02. The van der Waals surface area contributed by atoms with Crippen molar-refractivity contribution in [3.63, 3.8) is 0 Å². The fourth-order valence-electron chi connectivity index (χ4n) is 1.64. The molecule has 0 saturated carbocycles. The molecule has 0 saturated heterocycles. The Hall–Kier alpha value is -1.65. The lowest BCUT2D eigenvalue weighted by Gasteiger charge is -2.07. The van der Waals surface area contributed by atoms with Gasteiger partial charge in [-0.1, -0.05) is 0 Å². The molecular weight excluding hydrogens is 289 g/mol. The van der Waals surface area contributed by atoms with Gasteiger partial charge in [-0.05, 0) is 44.8 Å². The zero-order valence-electron chi connectivity index (χ0n) is 11.6. The van der Waals surface area contributed by atoms with Crippen molar-refractivity contribution in [3.05, 3.63) is 31.7 Å². The van der Waals surface area contributed by atoms with Crippen LogP contribution in [0.3, 0.4) is 0 Å². The van der Waals surface area contributed by atoms with Gasteiger partial charge in [-0.2, -0.15) is 9.64 Å². The van der Waals surface area contributed by atoms with Crippen LogP contribution in [0, 0.1) is 39.0 Å². The number of aryl methyl sites for hydroxylation is 3. The Morgan fingerprint density at radius 1 is 1.25 bits per heavy atom. The molecule has 0 atom stereocenters. The molecular formula is C13H12BN3OS2. The number of allylic oxidation sites excluding steroid dienone is 1. The molecule has 2 rings (SSSR count). The molecule has 2 heterocycles. The van der Waals surface area contributed by atoms with E-state index >= 15 is 0 Å². The molecule has 100 valence electrons. The summed E-state index contributed by atoms with van der Waals surface area (Å²) in [5, 5.41) is 10.0. The van der Waals surface area contributed by atoms with Gasteiger partial charge in [0.05, 0.1) is 5.69 Å². The summed E-state index contributed by atoms with van der Waals surface area (Å²) in [5.41, 5.74) is 2.80. The Balaban J connectivity index is 2.66. The van der Waals surface area contributed by atoms with Gasteiger partial charge in [0.15, 0.2) is 0 Å². The predicted molar refractivity (Wildman–Crippen MR) is 82.4 cm³/mol. The van der Waals surface area contributed by atoms with E-state index in [9.17, 15) is 5.26 Å². The Morgan fingerprint density at radius 2 is 1.95 bits per heavy atom. The summed E-state index contributed by atoms with van der Waals surface area (Å²) in [5.74, 6) is 0.281. The topological polar surface area (TPSA) is 58.8 Å². The molecule has 0 spiro atoms. The van der Waals surface area contributed by atoms with Gasteiger partial charge >= 0.3 is 8.05 Å². The summed E-state index contributed by atoms with van der Waals surface area (Å²) in [6.45, 7) is 7.77. The number of nitrogens with zero attached hydrogens (tertiary/aromatic N) is 3. The molecule has 0 fully saturated rings. The average Bonchev–Trinajstić information content (AvgIpc) is 2.92. The normalized spacial score (nSPS) is 11.9. The minimum Gasteiger partial charge on any atom is -0.565 e. The number of hydrogen-bond acceptors (Lipinski definition) is 6. The standard InChI is InChI=1S/C13H12BN3OS2/c1-6-8(3)20-17-11(6)12(18-14)10(5-15)13-16-7(2)9(4)19-13/h1-4H3. The van der Waals surface area contributed by atoms with Crippen LogP contribution in [0.5, 0.6) is 0 Å². The lowest BCUT2D eigenvalue weighted by molar-refractivity contribution is 0.571. The molecule has 0 unspecified atom stereocenters. The SMILES string of the molecule is [B]OC(=C(C#N)c1nc(C)c(C)s1)c1nsc(C)c1C. The maximum atomic E-state index is 9.44. The summed E-state index contributed by atoms with van der Waals surface area (Å²) in [7, 11) is 5.37. The first-order valence-electron chi connectivity index (χ1n) is 5.88. The minimum atomic E-state index is 0.281. The van der Waals surface area contributed by atoms with Crippen LogP contribution in [0.15, 0.2) is 0 Å². The maximum Gasteiger partial charge on any atom is 0.374 e. The number of hydrogen-bond donors (Lipinski definition) is 0. The van der Waals surface area contributed by atoms with Gasteiger partial charge in [-0.3, -0.25) is 0 Å². The van der Waals surface area contributed by atoms with Gasteiger partial charge in [0.1, 0.15) is 28.1 Å². The third kappa shape index (κ3) is 2.49. The molecule has 2 radical (unpaired) electrons. The lowest BCUT2D eigenvalue weighted by Crippen LogP contribution is -1.96. The fraction of sp³-hybridized carbons (Fsp3) is 0.308. The Kier molecular flexibility index (Phi) is 4.26. The van der Waals surface area contributed by atoms with Crippen LogP contribution >= 0.6 is 22.9 Å². The van der Waals surface area contributed by atoms with Gasteiger partial charge in [0.25, 0.3) is 0 Å². The summed E-state index contributed by atoms with van der Waals surface area (Å²) in [6.07, 6.45) is 0. The highest BCUT2D eigenvalue weighted by atomic mass is 32.1. The van der Waals surface area contributed by atoms with E-state index in [2.05, 4.69) is 15.4 Å². The molecule has 0 amide bonds. The third-order valence-electron chi connectivity index (χ3n) is 3.07. The Bertz CT molecular complexity index is 705. The highest BCUT2D eigenvalue weighted by Crippen LogP contribution is 2.32. The average molecular weight is 301 g/mol. The maximum absolute atomic E-state index is 9.44. The molecule has 2 aromatic heterocycles. The van der Waals surface area contributed by atoms with Crippen LogP contribution in [0.25, 0.3) is 11.3 Å². The first-order chi connectivity index (χ1) is 9.49. The van der Waals surface area contributed by atoms with E-state index in [-0.39, 0.29) is 5.76 Å². The van der Waals surface area contributed by atoms with Crippen LogP contribution in [-0.4, -0.2) is 17.4 Å². The lowest BCUT2D eigenvalue weighted by atomic mass is 10.1. The van der Waals surface area contributed by atoms with E-state index in [4.69, 9.17) is 12.7 Å². The largest absolute Gasteiger partial charge is 0.565 e. The highest BCUT2D eigenvalue weighted by molar-refractivity contribution is 7.13. The van der Waals surface area contributed by atoms with Crippen molar-refractivity contribution >= 4 is 42.3 Å². The molecule has 0 aliphatic heterocycles. The molecule has 2 aromatic rings. The number of rotatable bonds is 3. The quantitative estimate of drug-likeness (QED) is 0.496. The van der Waals surface area contributed by atoms with Gasteiger partial charge < -0.3 is 4.65 Å². The second-order valence-corrected chi connectivity index (χ2v) is 6.49. The first kappa shape index (κ1) is 14.8. The highest BCUT2D eigenvalue weighted by Gasteiger charge is 2.20. The zero-order chi connectivity index (χ0) is 14.9. The van der Waals surface area contributed by atoms with E-state index in [0.717, 1.165) is 21.0 Å². The molecule has 0 aliphatic rings. The number of thiazole rings is 1. The monoisotopic (exact) mass is 301 g/mol. The first-order valence-corrected chi connectivity index (χ1v) is 7.47. The van der Waals surface area contributed by atoms with Crippen LogP contribution < -0.4 is 0 Å². The second-order valence-electron chi connectivity index (χ2n) is 4.31. The number of nitriles is 1. The molecule has 4 nitrogen and oxygen atoms in total. The molecule has 0 N–H and O–H groups in total.